The minimum absolute atomic E-state index is 0.0849. The molecule has 8 nitrogen and oxygen atoms in total. The second-order valence-electron chi connectivity index (χ2n) is 9.98. The summed E-state index contributed by atoms with van der Waals surface area (Å²) in [6.07, 6.45) is -2.27. The van der Waals surface area contributed by atoms with Crippen LogP contribution in [-0.4, -0.2) is 59.8 Å². The molecule has 2 heterocycles. The van der Waals surface area contributed by atoms with Gasteiger partial charge in [0.15, 0.2) is 0 Å². The van der Waals surface area contributed by atoms with Crippen molar-refractivity contribution in [3.05, 3.63) is 35.4 Å². The molecule has 3 N–H and O–H groups in total. The molecule has 2 amide bonds. The van der Waals surface area contributed by atoms with Gasteiger partial charge in [-0.1, -0.05) is 18.2 Å². The molecule has 0 spiro atoms. The van der Waals surface area contributed by atoms with Gasteiger partial charge in [0.05, 0.1) is 11.5 Å². The number of benzene rings is 1. The first-order valence-electron chi connectivity index (χ1n) is 12.1. The van der Waals surface area contributed by atoms with E-state index in [4.69, 9.17) is 9.84 Å². The van der Waals surface area contributed by atoms with Gasteiger partial charge >= 0.3 is 18.2 Å². The maximum Gasteiger partial charge on any atom is 0.416 e. The van der Waals surface area contributed by atoms with Crippen LogP contribution in [0.25, 0.3) is 0 Å². The molecule has 2 saturated heterocycles. The van der Waals surface area contributed by atoms with Gasteiger partial charge in [0.25, 0.3) is 0 Å². The molecule has 36 heavy (non-hydrogen) atoms. The zero-order chi connectivity index (χ0) is 26.9. The third kappa shape index (κ3) is 9.67. The number of hydrogen-bond acceptors (Lipinski definition) is 5. The predicted octanol–water partition coefficient (Wildman–Crippen LogP) is 4.04. The van der Waals surface area contributed by atoms with Crippen LogP contribution < -0.4 is 10.6 Å². The fraction of sp³-hybridized carbons (Fsp3) is 0.640. The van der Waals surface area contributed by atoms with Crippen LogP contribution in [0.5, 0.6) is 0 Å². The van der Waals surface area contributed by atoms with E-state index >= 15 is 0 Å². The van der Waals surface area contributed by atoms with Crippen molar-refractivity contribution >= 4 is 18.0 Å². The van der Waals surface area contributed by atoms with Gasteiger partial charge in [-0.2, -0.15) is 13.2 Å². The number of carbonyl (C=O) groups excluding carboxylic acids is 2. The summed E-state index contributed by atoms with van der Waals surface area (Å²) in [5.74, 6) is -1.36. The Morgan fingerprint density at radius 3 is 2.14 bits per heavy atom. The molecular weight excluding hydrogens is 479 g/mol. The molecule has 2 aliphatic rings. The van der Waals surface area contributed by atoms with Crippen LogP contribution in [0, 0.1) is 11.8 Å². The largest absolute Gasteiger partial charge is 0.481 e. The summed E-state index contributed by atoms with van der Waals surface area (Å²) in [6, 6.07) is 5.32. The first kappa shape index (κ1) is 29.4. The van der Waals surface area contributed by atoms with E-state index in [1.807, 2.05) is 20.8 Å². The molecule has 0 bridgehead atoms. The SMILES string of the molecule is CC(C)(C)OC(=O)N1CCC(C(=O)O)CC1.O=C(NCc1ccccc1C(F)(F)F)C1CCNCC1. The molecule has 1 aromatic rings. The standard InChI is InChI=1S/C14H17F3N2O.C11H19NO4/c15-14(16,17)12-4-2-1-3-11(12)9-19-13(20)10-5-7-18-8-6-10;1-11(2,3)16-10(15)12-6-4-8(5-7-12)9(13)14/h1-4,10,18H,5-9H2,(H,19,20);8H,4-7H2,1-3H3,(H,13,14). The van der Waals surface area contributed by atoms with Crippen LogP contribution in [0.15, 0.2) is 24.3 Å². The third-order valence-electron chi connectivity index (χ3n) is 5.98. The highest BCUT2D eigenvalue weighted by Crippen LogP contribution is 2.31. The maximum absolute atomic E-state index is 12.8. The number of likely N-dealkylation sites (tertiary alicyclic amines) is 1. The van der Waals surface area contributed by atoms with Crippen LogP contribution >= 0.6 is 0 Å². The maximum atomic E-state index is 12.8. The van der Waals surface area contributed by atoms with E-state index in [-0.39, 0.29) is 35.9 Å². The van der Waals surface area contributed by atoms with Crippen molar-refractivity contribution in [2.24, 2.45) is 11.8 Å². The Kier molecular flexibility index (Phi) is 10.6. The Morgan fingerprint density at radius 1 is 1.03 bits per heavy atom. The molecular formula is C25H36F3N3O5. The lowest BCUT2D eigenvalue weighted by atomic mass is 9.97. The lowest BCUT2D eigenvalue weighted by Crippen LogP contribution is -2.42. The highest BCUT2D eigenvalue weighted by Gasteiger charge is 2.33. The topological polar surface area (TPSA) is 108 Å². The molecule has 11 heteroatoms. The van der Waals surface area contributed by atoms with Gasteiger partial charge in [0.1, 0.15) is 5.60 Å². The molecule has 1 aromatic carbocycles. The second kappa shape index (κ2) is 12.9. The van der Waals surface area contributed by atoms with Gasteiger partial charge in [-0.3, -0.25) is 9.59 Å². The molecule has 0 radical (unpaired) electrons. The zero-order valence-electron chi connectivity index (χ0n) is 21.0. The number of alkyl halides is 3. The number of rotatable bonds is 4. The molecule has 0 aliphatic carbocycles. The van der Waals surface area contributed by atoms with E-state index in [0.29, 0.717) is 25.9 Å². The van der Waals surface area contributed by atoms with Crippen LogP contribution in [0.1, 0.15) is 57.6 Å². The molecule has 2 fully saturated rings. The number of piperidine rings is 2. The molecule has 0 aromatic heterocycles. The monoisotopic (exact) mass is 515 g/mol. The van der Waals surface area contributed by atoms with Crippen molar-refractivity contribution in [2.75, 3.05) is 26.2 Å². The van der Waals surface area contributed by atoms with Gasteiger partial charge in [-0.25, -0.2) is 4.79 Å². The quantitative estimate of drug-likeness (QED) is 0.559. The zero-order valence-corrected chi connectivity index (χ0v) is 21.0. The average molecular weight is 516 g/mol. The Bertz CT molecular complexity index is 888. The van der Waals surface area contributed by atoms with Gasteiger partial charge in [0, 0.05) is 25.6 Å². The molecule has 0 atom stereocenters. The Labute approximate surface area is 209 Å². The lowest BCUT2D eigenvalue weighted by molar-refractivity contribution is -0.143. The number of aliphatic carboxylic acids is 1. The van der Waals surface area contributed by atoms with Crippen molar-refractivity contribution in [3.63, 3.8) is 0 Å². The smallest absolute Gasteiger partial charge is 0.416 e. The predicted molar refractivity (Wildman–Crippen MR) is 127 cm³/mol. The van der Waals surface area contributed by atoms with Gasteiger partial charge in [-0.05, 0) is 71.2 Å². The summed E-state index contributed by atoms with van der Waals surface area (Å²) >= 11 is 0. The molecule has 3 rings (SSSR count). The number of nitrogens with zero attached hydrogens (tertiary/aromatic N) is 1. The summed E-state index contributed by atoms with van der Waals surface area (Å²) < 4.78 is 43.6. The Balaban J connectivity index is 0.000000261. The first-order valence-corrected chi connectivity index (χ1v) is 12.1. The highest BCUT2D eigenvalue weighted by atomic mass is 19.4. The molecule has 2 aliphatic heterocycles. The summed E-state index contributed by atoms with van der Waals surface area (Å²) in [5, 5.41) is 14.6. The number of hydrogen-bond donors (Lipinski definition) is 3. The minimum Gasteiger partial charge on any atom is -0.481 e. The number of halogens is 3. The summed E-state index contributed by atoms with van der Waals surface area (Å²) in [4.78, 5) is 35.9. The number of carboxylic acid groups (broad SMARTS) is 1. The van der Waals surface area contributed by atoms with Crippen molar-refractivity contribution in [1.82, 2.24) is 15.5 Å². The number of carboxylic acids is 1. The lowest BCUT2D eigenvalue weighted by Gasteiger charge is -2.32. The second-order valence-corrected chi connectivity index (χ2v) is 9.98. The van der Waals surface area contributed by atoms with E-state index < -0.39 is 23.3 Å². The minimum atomic E-state index is -4.39. The first-order chi connectivity index (χ1) is 16.8. The number of amides is 2. The van der Waals surface area contributed by atoms with Crippen molar-refractivity contribution in [2.45, 2.75) is 64.8 Å². The normalized spacial score (nSPS) is 17.6. The van der Waals surface area contributed by atoms with Crippen LogP contribution in [0.2, 0.25) is 0 Å². The fourth-order valence-electron chi connectivity index (χ4n) is 4.00. The fourth-order valence-corrected chi connectivity index (χ4v) is 4.00. The van der Waals surface area contributed by atoms with E-state index in [0.717, 1.165) is 32.0 Å². The van der Waals surface area contributed by atoms with Crippen molar-refractivity contribution in [1.29, 1.82) is 0 Å². The number of carbonyl (C=O) groups is 3. The molecule has 202 valence electrons. The number of ether oxygens (including phenoxy) is 1. The summed E-state index contributed by atoms with van der Waals surface area (Å²) in [5.41, 5.74) is -1.09. The van der Waals surface area contributed by atoms with Crippen molar-refractivity contribution < 1.29 is 37.4 Å². The Hall–Kier alpha value is -2.82. The number of nitrogens with one attached hydrogen (secondary N) is 2. The summed E-state index contributed by atoms with van der Waals surface area (Å²) in [6.45, 7) is 7.84. The van der Waals surface area contributed by atoms with Crippen molar-refractivity contribution in [3.8, 4) is 0 Å². The average Bonchev–Trinajstić information content (AvgIpc) is 2.82. The highest BCUT2D eigenvalue weighted by molar-refractivity contribution is 5.78. The van der Waals surface area contributed by atoms with Crippen LogP contribution in [-0.2, 0) is 27.0 Å². The third-order valence-corrected chi connectivity index (χ3v) is 5.98. The van der Waals surface area contributed by atoms with Crippen LogP contribution in [0.3, 0.4) is 0 Å². The van der Waals surface area contributed by atoms with Gasteiger partial charge in [-0.15, -0.1) is 0 Å². The summed E-state index contributed by atoms with van der Waals surface area (Å²) in [7, 11) is 0. The Morgan fingerprint density at radius 2 is 1.61 bits per heavy atom. The van der Waals surface area contributed by atoms with Gasteiger partial charge < -0.3 is 25.4 Å². The molecule has 0 unspecified atom stereocenters. The van der Waals surface area contributed by atoms with E-state index in [1.165, 1.54) is 12.1 Å². The van der Waals surface area contributed by atoms with E-state index in [2.05, 4.69) is 10.6 Å². The van der Waals surface area contributed by atoms with E-state index in [9.17, 15) is 27.6 Å². The van der Waals surface area contributed by atoms with E-state index in [1.54, 1.807) is 11.0 Å². The van der Waals surface area contributed by atoms with Gasteiger partial charge in [0.2, 0.25) is 5.91 Å². The van der Waals surface area contributed by atoms with Crippen LogP contribution in [0.4, 0.5) is 18.0 Å². The molecule has 0 saturated carbocycles.